The summed E-state index contributed by atoms with van der Waals surface area (Å²) in [5.74, 6) is -3.62. The number of allylic oxidation sites excluding steroid dienone is 2. The van der Waals surface area contributed by atoms with E-state index in [-0.39, 0.29) is 42.8 Å². The molecule has 4 nitrogen and oxygen atoms in total. The van der Waals surface area contributed by atoms with Crippen molar-refractivity contribution in [2.75, 3.05) is 12.3 Å². The number of nitrogens with two attached hydrogens (primary N) is 1. The standard InChI is InChI=1S/C16H19F3N2O2/c1-3-23-15(22)13-11(9(2)17)8-12(21-14(13)20)10-4-6-16(18,19)7-5-10/h4,8-9H,3,5-7H2,1-2H3,(H2,20,21). The molecule has 2 N–H and O–H groups in total. The Bertz CT molecular complexity index is 642. The van der Waals surface area contributed by atoms with Gasteiger partial charge in [0, 0.05) is 18.4 Å². The van der Waals surface area contributed by atoms with Gasteiger partial charge in [-0.15, -0.1) is 0 Å². The van der Waals surface area contributed by atoms with Crippen molar-refractivity contribution in [1.29, 1.82) is 0 Å². The monoisotopic (exact) mass is 328 g/mol. The first-order chi connectivity index (χ1) is 10.7. The van der Waals surface area contributed by atoms with Crippen LogP contribution < -0.4 is 5.73 Å². The van der Waals surface area contributed by atoms with Gasteiger partial charge in [0.15, 0.2) is 0 Å². The van der Waals surface area contributed by atoms with Gasteiger partial charge < -0.3 is 10.5 Å². The van der Waals surface area contributed by atoms with E-state index >= 15 is 0 Å². The Morgan fingerprint density at radius 1 is 1.52 bits per heavy atom. The smallest absolute Gasteiger partial charge is 0.342 e. The fourth-order valence-electron chi connectivity index (χ4n) is 2.52. The third-order valence-electron chi connectivity index (χ3n) is 3.72. The summed E-state index contributed by atoms with van der Waals surface area (Å²) < 4.78 is 45.2. The second-order valence-corrected chi connectivity index (χ2v) is 5.48. The van der Waals surface area contributed by atoms with Gasteiger partial charge in [0.1, 0.15) is 17.6 Å². The molecule has 1 unspecified atom stereocenters. The van der Waals surface area contributed by atoms with Gasteiger partial charge in [0.05, 0.1) is 12.3 Å². The number of ether oxygens (including phenoxy) is 1. The van der Waals surface area contributed by atoms with Crippen molar-refractivity contribution in [2.24, 2.45) is 0 Å². The van der Waals surface area contributed by atoms with Crippen molar-refractivity contribution in [1.82, 2.24) is 4.98 Å². The van der Waals surface area contributed by atoms with Crippen molar-refractivity contribution < 1.29 is 22.7 Å². The molecular formula is C16H19F3N2O2. The normalized spacial score (nSPS) is 18.2. The van der Waals surface area contributed by atoms with E-state index in [0.29, 0.717) is 11.3 Å². The number of pyridine rings is 1. The van der Waals surface area contributed by atoms with Crippen LogP contribution in [0.15, 0.2) is 12.1 Å². The zero-order valence-corrected chi connectivity index (χ0v) is 13.0. The van der Waals surface area contributed by atoms with Crippen molar-refractivity contribution in [3.05, 3.63) is 29.0 Å². The highest BCUT2D eigenvalue weighted by Gasteiger charge is 2.32. The Hall–Kier alpha value is -2.05. The van der Waals surface area contributed by atoms with Gasteiger partial charge in [0.25, 0.3) is 5.92 Å². The third kappa shape index (κ3) is 3.83. The summed E-state index contributed by atoms with van der Waals surface area (Å²) in [6.07, 6.45) is -0.630. The van der Waals surface area contributed by atoms with E-state index in [0.717, 1.165) is 0 Å². The van der Waals surface area contributed by atoms with Crippen LogP contribution in [0.5, 0.6) is 0 Å². The van der Waals surface area contributed by atoms with Gasteiger partial charge in [-0.1, -0.05) is 6.08 Å². The molecule has 1 aromatic heterocycles. The summed E-state index contributed by atoms with van der Waals surface area (Å²) in [7, 11) is 0. The second kappa shape index (κ2) is 6.60. The van der Waals surface area contributed by atoms with Crippen LogP contribution in [0.3, 0.4) is 0 Å². The van der Waals surface area contributed by atoms with E-state index in [1.165, 1.54) is 19.1 Å². The lowest BCUT2D eigenvalue weighted by Gasteiger charge is -2.22. The molecule has 0 fully saturated rings. The molecule has 0 saturated carbocycles. The molecule has 0 radical (unpaired) electrons. The average molecular weight is 328 g/mol. The SMILES string of the molecule is CCOC(=O)c1c(C(C)F)cc(C2=CCC(F)(F)CC2)nc1N. The van der Waals surface area contributed by atoms with E-state index < -0.39 is 18.1 Å². The van der Waals surface area contributed by atoms with Crippen molar-refractivity contribution in [2.45, 2.75) is 45.2 Å². The lowest BCUT2D eigenvalue weighted by molar-refractivity contribution is -0.00606. The number of anilines is 1. The van der Waals surface area contributed by atoms with Gasteiger partial charge in [-0.3, -0.25) is 0 Å². The van der Waals surface area contributed by atoms with Gasteiger partial charge in [-0.05, 0) is 31.9 Å². The molecule has 1 aliphatic carbocycles. The van der Waals surface area contributed by atoms with Gasteiger partial charge in [-0.25, -0.2) is 22.9 Å². The summed E-state index contributed by atoms with van der Waals surface area (Å²) >= 11 is 0. The molecule has 0 aromatic carbocycles. The third-order valence-corrected chi connectivity index (χ3v) is 3.72. The van der Waals surface area contributed by atoms with E-state index in [9.17, 15) is 18.0 Å². The van der Waals surface area contributed by atoms with Crippen LogP contribution in [-0.2, 0) is 4.74 Å². The molecule has 0 aliphatic heterocycles. The molecule has 0 spiro atoms. The van der Waals surface area contributed by atoms with Crippen LogP contribution >= 0.6 is 0 Å². The van der Waals surface area contributed by atoms with E-state index in [1.807, 2.05) is 0 Å². The molecule has 1 heterocycles. The minimum atomic E-state index is -2.73. The van der Waals surface area contributed by atoms with Gasteiger partial charge in [-0.2, -0.15) is 0 Å². The van der Waals surface area contributed by atoms with Crippen LogP contribution in [0.2, 0.25) is 0 Å². The van der Waals surface area contributed by atoms with Crippen LogP contribution in [0, 0.1) is 0 Å². The highest BCUT2D eigenvalue weighted by molar-refractivity contribution is 5.96. The first kappa shape index (κ1) is 17.3. The van der Waals surface area contributed by atoms with Crippen molar-refractivity contribution in [3.8, 4) is 0 Å². The predicted molar refractivity (Wildman–Crippen MR) is 80.9 cm³/mol. The predicted octanol–water partition coefficient (Wildman–Crippen LogP) is 4.07. The molecule has 1 atom stereocenters. The molecule has 126 valence electrons. The summed E-state index contributed by atoms with van der Waals surface area (Å²) in [5.41, 5.74) is 6.66. The van der Waals surface area contributed by atoms with Crippen LogP contribution in [0.25, 0.3) is 5.57 Å². The molecule has 0 saturated heterocycles. The Morgan fingerprint density at radius 3 is 2.74 bits per heavy atom. The Kier molecular flexibility index (Phi) is 4.97. The molecule has 1 aromatic rings. The number of halogens is 3. The number of alkyl halides is 3. The summed E-state index contributed by atoms with van der Waals surface area (Å²) in [4.78, 5) is 16.0. The number of esters is 1. The zero-order valence-electron chi connectivity index (χ0n) is 13.0. The number of carbonyl (C=O) groups is 1. The maximum atomic E-state index is 13.9. The van der Waals surface area contributed by atoms with Crippen LogP contribution in [0.4, 0.5) is 19.0 Å². The van der Waals surface area contributed by atoms with E-state index in [4.69, 9.17) is 10.5 Å². The minimum Gasteiger partial charge on any atom is -0.462 e. The molecule has 0 bridgehead atoms. The fraction of sp³-hybridized carbons (Fsp3) is 0.500. The molecule has 2 rings (SSSR count). The van der Waals surface area contributed by atoms with Crippen molar-refractivity contribution >= 4 is 17.4 Å². The maximum Gasteiger partial charge on any atom is 0.342 e. The van der Waals surface area contributed by atoms with Gasteiger partial charge >= 0.3 is 5.97 Å². The lowest BCUT2D eigenvalue weighted by Crippen LogP contribution is -2.19. The summed E-state index contributed by atoms with van der Waals surface area (Å²) in [6.45, 7) is 3.02. The number of aromatic nitrogens is 1. The summed E-state index contributed by atoms with van der Waals surface area (Å²) in [6, 6.07) is 1.39. The number of rotatable bonds is 4. The Labute approximate surface area is 132 Å². The highest BCUT2D eigenvalue weighted by atomic mass is 19.3. The Balaban J connectivity index is 2.45. The average Bonchev–Trinajstić information content (AvgIpc) is 2.46. The van der Waals surface area contributed by atoms with Crippen LogP contribution in [-0.4, -0.2) is 23.5 Å². The van der Waals surface area contributed by atoms with Crippen molar-refractivity contribution in [3.63, 3.8) is 0 Å². The fourth-order valence-corrected chi connectivity index (χ4v) is 2.52. The molecule has 7 heteroatoms. The molecule has 0 amide bonds. The van der Waals surface area contributed by atoms with E-state index in [2.05, 4.69) is 4.98 Å². The highest BCUT2D eigenvalue weighted by Crippen LogP contribution is 2.37. The quantitative estimate of drug-likeness (QED) is 0.846. The van der Waals surface area contributed by atoms with E-state index in [1.54, 1.807) is 6.92 Å². The molecule has 1 aliphatic rings. The first-order valence-corrected chi connectivity index (χ1v) is 7.44. The number of hydrogen-bond acceptors (Lipinski definition) is 4. The first-order valence-electron chi connectivity index (χ1n) is 7.44. The van der Waals surface area contributed by atoms with Crippen LogP contribution in [0.1, 0.15) is 60.9 Å². The largest absolute Gasteiger partial charge is 0.462 e. The second-order valence-electron chi connectivity index (χ2n) is 5.48. The maximum absolute atomic E-state index is 13.9. The summed E-state index contributed by atoms with van der Waals surface area (Å²) in [5, 5.41) is 0. The lowest BCUT2D eigenvalue weighted by atomic mass is 9.92. The zero-order chi connectivity index (χ0) is 17.2. The minimum absolute atomic E-state index is 0.0594. The Morgan fingerprint density at radius 2 is 2.22 bits per heavy atom. The molecular weight excluding hydrogens is 309 g/mol. The number of nitrogens with zero attached hydrogens (tertiary/aromatic N) is 1. The topological polar surface area (TPSA) is 65.2 Å². The molecule has 23 heavy (non-hydrogen) atoms. The number of hydrogen-bond donors (Lipinski definition) is 1. The number of nitrogen functional groups attached to an aromatic ring is 1. The van der Waals surface area contributed by atoms with Gasteiger partial charge in [0.2, 0.25) is 0 Å². The number of carbonyl (C=O) groups excluding carboxylic acids is 1.